The van der Waals surface area contributed by atoms with Gasteiger partial charge in [0.2, 0.25) is 0 Å². The van der Waals surface area contributed by atoms with Crippen LogP contribution in [-0.4, -0.2) is 20.3 Å². The zero-order valence-electron chi connectivity index (χ0n) is 11.8. The van der Waals surface area contributed by atoms with E-state index in [2.05, 4.69) is 24.3 Å². The third-order valence-corrected chi connectivity index (χ3v) is 4.19. The number of fused-ring (bicyclic) bond motifs is 1. The second kappa shape index (κ2) is 5.81. The first kappa shape index (κ1) is 13.4. The van der Waals surface area contributed by atoms with Gasteiger partial charge in [-0.1, -0.05) is 30.3 Å². The van der Waals surface area contributed by atoms with Crippen LogP contribution in [0.5, 0.6) is 5.75 Å². The van der Waals surface area contributed by atoms with Crippen LogP contribution in [0.15, 0.2) is 36.4 Å². The van der Waals surface area contributed by atoms with Crippen molar-refractivity contribution in [2.24, 2.45) is 11.7 Å². The number of ether oxygens (including phenoxy) is 2. The molecule has 0 bridgehead atoms. The lowest BCUT2D eigenvalue weighted by Crippen LogP contribution is -2.28. The SMILES string of the molecule is COc1ccc(C2OCCCC2CN)c2ccccc12. The Kier molecular flexibility index (Phi) is 3.90. The molecule has 1 heterocycles. The molecular weight excluding hydrogens is 250 g/mol. The van der Waals surface area contributed by atoms with Crippen LogP contribution in [0, 0.1) is 5.92 Å². The van der Waals surface area contributed by atoms with Crippen molar-refractivity contribution in [3.05, 3.63) is 42.0 Å². The second-order valence-electron chi connectivity index (χ2n) is 5.33. The van der Waals surface area contributed by atoms with E-state index in [0.29, 0.717) is 12.5 Å². The van der Waals surface area contributed by atoms with E-state index in [1.807, 2.05) is 12.1 Å². The van der Waals surface area contributed by atoms with E-state index in [1.165, 1.54) is 10.9 Å². The third kappa shape index (κ3) is 2.28. The van der Waals surface area contributed by atoms with Gasteiger partial charge in [0.1, 0.15) is 5.75 Å². The molecular formula is C17H21NO2. The summed E-state index contributed by atoms with van der Waals surface area (Å²) in [5.74, 6) is 1.31. The van der Waals surface area contributed by atoms with E-state index >= 15 is 0 Å². The molecule has 106 valence electrons. The van der Waals surface area contributed by atoms with Crippen molar-refractivity contribution in [1.29, 1.82) is 0 Å². The van der Waals surface area contributed by atoms with Crippen molar-refractivity contribution in [2.45, 2.75) is 18.9 Å². The lowest BCUT2D eigenvalue weighted by atomic mass is 9.87. The molecule has 1 aliphatic heterocycles. The standard InChI is InChI=1S/C17H21NO2/c1-19-16-9-8-15(13-6-2-3-7-14(13)16)17-12(11-18)5-4-10-20-17/h2-3,6-9,12,17H,4-5,10-11,18H2,1H3. The maximum Gasteiger partial charge on any atom is 0.126 e. The summed E-state index contributed by atoms with van der Waals surface area (Å²) in [5.41, 5.74) is 7.16. The molecule has 1 fully saturated rings. The summed E-state index contributed by atoms with van der Waals surface area (Å²) in [5, 5.41) is 2.34. The smallest absolute Gasteiger partial charge is 0.126 e. The molecule has 3 rings (SSSR count). The van der Waals surface area contributed by atoms with Crippen molar-refractivity contribution in [3.63, 3.8) is 0 Å². The molecule has 2 aromatic rings. The minimum atomic E-state index is 0.101. The van der Waals surface area contributed by atoms with E-state index in [-0.39, 0.29) is 6.10 Å². The third-order valence-electron chi connectivity index (χ3n) is 4.19. The lowest BCUT2D eigenvalue weighted by Gasteiger charge is -2.32. The van der Waals surface area contributed by atoms with Gasteiger partial charge in [0, 0.05) is 17.9 Å². The lowest BCUT2D eigenvalue weighted by molar-refractivity contribution is -0.0243. The van der Waals surface area contributed by atoms with Gasteiger partial charge in [-0.25, -0.2) is 0 Å². The van der Waals surface area contributed by atoms with Crippen LogP contribution in [0.2, 0.25) is 0 Å². The Morgan fingerprint density at radius 2 is 2.00 bits per heavy atom. The normalized spacial score (nSPS) is 22.9. The predicted molar refractivity (Wildman–Crippen MR) is 81.0 cm³/mol. The Morgan fingerprint density at radius 3 is 2.75 bits per heavy atom. The highest BCUT2D eigenvalue weighted by molar-refractivity contribution is 5.91. The minimum Gasteiger partial charge on any atom is -0.496 e. The molecule has 1 aliphatic rings. The summed E-state index contributed by atoms with van der Waals surface area (Å²) in [7, 11) is 1.71. The quantitative estimate of drug-likeness (QED) is 0.931. The number of nitrogens with two attached hydrogens (primary N) is 1. The van der Waals surface area contributed by atoms with Gasteiger partial charge in [0.05, 0.1) is 13.2 Å². The summed E-state index contributed by atoms with van der Waals surface area (Å²) < 4.78 is 11.5. The molecule has 0 aromatic heterocycles. The molecule has 0 amide bonds. The first-order chi connectivity index (χ1) is 9.85. The number of hydrogen-bond donors (Lipinski definition) is 1. The summed E-state index contributed by atoms with van der Waals surface area (Å²) >= 11 is 0. The highest BCUT2D eigenvalue weighted by Gasteiger charge is 2.27. The maximum atomic E-state index is 6.03. The van der Waals surface area contributed by atoms with Crippen molar-refractivity contribution in [1.82, 2.24) is 0 Å². The zero-order chi connectivity index (χ0) is 13.9. The van der Waals surface area contributed by atoms with Gasteiger partial charge < -0.3 is 15.2 Å². The van der Waals surface area contributed by atoms with Crippen LogP contribution in [0.25, 0.3) is 10.8 Å². The molecule has 0 aliphatic carbocycles. The first-order valence-electron chi connectivity index (χ1n) is 7.22. The number of methoxy groups -OCH3 is 1. The van der Waals surface area contributed by atoms with Crippen LogP contribution >= 0.6 is 0 Å². The van der Waals surface area contributed by atoms with Gasteiger partial charge in [0.25, 0.3) is 0 Å². The van der Waals surface area contributed by atoms with Gasteiger partial charge in [-0.15, -0.1) is 0 Å². The Morgan fingerprint density at radius 1 is 1.20 bits per heavy atom. The number of benzene rings is 2. The van der Waals surface area contributed by atoms with Crippen LogP contribution in [0.4, 0.5) is 0 Å². The fourth-order valence-electron chi connectivity index (χ4n) is 3.15. The molecule has 2 aromatic carbocycles. The van der Waals surface area contributed by atoms with Gasteiger partial charge in [0.15, 0.2) is 0 Å². The Hall–Kier alpha value is -1.58. The fraction of sp³-hybridized carbons (Fsp3) is 0.412. The monoisotopic (exact) mass is 271 g/mol. The van der Waals surface area contributed by atoms with Crippen molar-refractivity contribution >= 4 is 10.8 Å². The fourth-order valence-corrected chi connectivity index (χ4v) is 3.15. The van der Waals surface area contributed by atoms with Crippen molar-refractivity contribution in [3.8, 4) is 5.75 Å². The average molecular weight is 271 g/mol. The molecule has 20 heavy (non-hydrogen) atoms. The zero-order valence-corrected chi connectivity index (χ0v) is 11.8. The van der Waals surface area contributed by atoms with E-state index in [0.717, 1.165) is 30.6 Å². The van der Waals surface area contributed by atoms with Gasteiger partial charge >= 0.3 is 0 Å². The molecule has 3 nitrogen and oxygen atoms in total. The van der Waals surface area contributed by atoms with Gasteiger partial charge in [-0.05, 0) is 36.4 Å². The second-order valence-corrected chi connectivity index (χ2v) is 5.33. The molecule has 0 spiro atoms. The first-order valence-corrected chi connectivity index (χ1v) is 7.22. The topological polar surface area (TPSA) is 44.5 Å². The van der Waals surface area contributed by atoms with Gasteiger partial charge in [-0.3, -0.25) is 0 Å². The molecule has 3 heteroatoms. The minimum absolute atomic E-state index is 0.101. The number of rotatable bonds is 3. The molecule has 0 saturated carbocycles. The molecule has 1 saturated heterocycles. The maximum absolute atomic E-state index is 6.03. The van der Waals surface area contributed by atoms with Crippen LogP contribution in [0.1, 0.15) is 24.5 Å². The van der Waals surface area contributed by atoms with Crippen LogP contribution in [-0.2, 0) is 4.74 Å². The van der Waals surface area contributed by atoms with Gasteiger partial charge in [-0.2, -0.15) is 0 Å². The van der Waals surface area contributed by atoms with E-state index < -0.39 is 0 Å². The predicted octanol–water partition coefficient (Wildman–Crippen LogP) is 3.27. The highest BCUT2D eigenvalue weighted by atomic mass is 16.5. The largest absolute Gasteiger partial charge is 0.496 e. The molecule has 2 N–H and O–H groups in total. The van der Waals surface area contributed by atoms with Crippen LogP contribution < -0.4 is 10.5 Å². The van der Waals surface area contributed by atoms with E-state index in [4.69, 9.17) is 15.2 Å². The number of hydrogen-bond acceptors (Lipinski definition) is 3. The molecule has 2 unspecified atom stereocenters. The molecule has 2 atom stereocenters. The average Bonchev–Trinajstić information content (AvgIpc) is 2.53. The van der Waals surface area contributed by atoms with Crippen molar-refractivity contribution < 1.29 is 9.47 Å². The van der Waals surface area contributed by atoms with Crippen LogP contribution in [0.3, 0.4) is 0 Å². The summed E-state index contributed by atoms with van der Waals surface area (Å²) in [6.45, 7) is 1.49. The van der Waals surface area contributed by atoms with E-state index in [9.17, 15) is 0 Å². The summed E-state index contributed by atoms with van der Waals surface area (Å²) in [6, 6.07) is 12.5. The summed E-state index contributed by atoms with van der Waals surface area (Å²) in [6.07, 6.45) is 2.35. The highest BCUT2D eigenvalue weighted by Crippen LogP contribution is 2.39. The van der Waals surface area contributed by atoms with E-state index in [1.54, 1.807) is 7.11 Å². The summed E-state index contributed by atoms with van der Waals surface area (Å²) in [4.78, 5) is 0. The Balaban J connectivity index is 2.11. The Labute approximate surface area is 119 Å². The molecule has 0 radical (unpaired) electrons. The Bertz CT molecular complexity index is 597. The van der Waals surface area contributed by atoms with Crippen molar-refractivity contribution in [2.75, 3.05) is 20.3 Å².